The highest BCUT2D eigenvalue weighted by Gasteiger charge is 2.08. The molecule has 0 aromatic heterocycles. The Labute approximate surface area is 135 Å². The van der Waals surface area contributed by atoms with Gasteiger partial charge in [0, 0.05) is 6.54 Å². The topological polar surface area (TPSA) is 55.4 Å². The van der Waals surface area contributed by atoms with E-state index in [1.54, 1.807) is 37.5 Å². The molecule has 0 aliphatic rings. The number of hydrogen-bond donors (Lipinski definition) is 1. The highest BCUT2D eigenvalue weighted by atomic mass is 16.5. The summed E-state index contributed by atoms with van der Waals surface area (Å²) >= 11 is 0. The summed E-state index contributed by atoms with van der Waals surface area (Å²) in [5.41, 5.74) is 1.15. The van der Waals surface area contributed by atoms with Crippen LogP contribution < -0.4 is 15.5 Å². The Balaban J connectivity index is 2.26. The molecule has 2 rings (SSSR count). The molecule has 0 aliphatic heterocycles. The minimum atomic E-state index is -0.318. The van der Waals surface area contributed by atoms with Crippen LogP contribution in [-0.4, -0.2) is 19.4 Å². The van der Waals surface area contributed by atoms with Crippen LogP contribution in [-0.2, 0) is 0 Å². The maximum atomic E-state index is 12.4. The first kappa shape index (κ1) is 16.5. The molecule has 0 spiro atoms. The van der Waals surface area contributed by atoms with Crippen molar-refractivity contribution in [3.05, 3.63) is 76.0 Å². The number of carbonyl (C=O) groups is 1. The summed E-state index contributed by atoms with van der Waals surface area (Å²) in [6.45, 7) is 2.52. The summed E-state index contributed by atoms with van der Waals surface area (Å²) in [5, 5.41) is 2.97. The lowest BCUT2D eigenvalue weighted by Gasteiger charge is -2.00. The summed E-state index contributed by atoms with van der Waals surface area (Å²) in [6.07, 6.45) is 3.09. The fourth-order valence-electron chi connectivity index (χ4n) is 2.10. The van der Waals surface area contributed by atoms with Crippen LogP contribution in [0.2, 0.25) is 0 Å². The summed E-state index contributed by atoms with van der Waals surface area (Å²) in [6, 6.07) is 14.0. The molecule has 0 unspecified atom stereocenters. The molecule has 0 bridgehead atoms. The molecule has 0 atom stereocenters. The molecule has 0 aliphatic carbocycles. The minimum Gasteiger partial charge on any atom is -0.497 e. The molecule has 0 saturated carbocycles. The first-order valence-corrected chi connectivity index (χ1v) is 7.39. The second-order valence-corrected chi connectivity index (χ2v) is 4.88. The van der Waals surface area contributed by atoms with Crippen LogP contribution in [0, 0.1) is 0 Å². The molecular formula is C19H19NO3. The minimum absolute atomic E-state index is 0.149. The lowest BCUT2D eigenvalue weighted by molar-refractivity contribution is 0.104. The van der Waals surface area contributed by atoms with Gasteiger partial charge in [0.15, 0.2) is 5.78 Å². The highest BCUT2D eigenvalue weighted by molar-refractivity contribution is 6.07. The molecular weight excluding hydrogens is 290 g/mol. The van der Waals surface area contributed by atoms with Crippen LogP contribution in [0.5, 0.6) is 5.75 Å². The van der Waals surface area contributed by atoms with Crippen molar-refractivity contribution in [1.82, 2.24) is 0 Å². The first-order valence-electron chi connectivity index (χ1n) is 7.39. The predicted molar refractivity (Wildman–Crippen MR) is 93.2 cm³/mol. The number of benzene rings is 1. The van der Waals surface area contributed by atoms with Crippen molar-refractivity contribution < 1.29 is 9.53 Å². The highest BCUT2D eigenvalue weighted by Crippen LogP contribution is 2.12. The number of allylic oxidation sites excluding steroid dienone is 1. The first-order chi connectivity index (χ1) is 11.2. The van der Waals surface area contributed by atoms with Crippen LogP contribution in [0.15, 0.2) is 59.4 Å². The van der Waals surface area contributed by atoms with Gasteiger partial charge < -0.3 is 10.1 Å². The molecule has 2 aromatic rings. The van der Waals surface area contributed by atoms with Crippen molar-refractivity contribution in [2.45, 2.75) is 6.92 Å². The van der Waals surface area contributed by atoms with E-state index in [1.165, 1.54) is 6.08 Å². The van der Waals surface area contributed by atoms with E-state index < -0.39 is 0 Å². The van der Waals surface area contributed by atoms with Gasteiger partial charge in [-0.05, 0) is 42.8 Å². The summed E-state index contributed by atoms with van der Waals surface area (Å²) in [4.78, 5) is 24.7. The number of carbonyl (C=O) groups excluding carboxylic acids is 1. The number of hydrogen-bond acceptors (Lipinski definition) is 4. The maximum Gasteiger partial charge on any atom is 0.212 e. The van der Waals surface area contributed by atoms with Gasteiger partial charge in [0.25, 0.3) is 0 Å². The third-order valence-electron chi connectivity index (χ3n) is 3.30. The monoisotopic (exact) mass is 309 g/mol. The van der Waals surface area contributed by atoms with Crippen molar-refractivity contribution in [1.29, 1.82) is 0 Å². The summed E-state index contributed by atoms with van der Waals surface area (Å²) in [7, 11) is 1.60. The van der Waals surface area contributed by atoms with Gasteiger partial charge in [-0.25, -0.2) is 0 Å². The average molecular weight is 309 g/mol. The van der Waals surface area contributed by atoms with Crippen molar-refractivity contribution >= 4 is 17.5 Å². The Bertz CT molecular complexity index is 764. The van der Waals surface area contributed by atoms with Crippen molar-refractivity contribution in [3.8, 4) is 5.75 Å². The van der Waals surface area contributed by atoms with Crippen LogP contribution in [0.1, 0.15) is 22.8 Å². The number of rotatable bonds is 6. The lowest BCUT2D eigenvalue weighted by Crippen LogP contribution is -2.15. The van der Waals surface area contributed by atoms with Gasteiger partial charge in [0.1, 0.15) is 5.75 Å². The van der Waals surface area contributed by atoms with Crippen LogP contribution in [0.3, 0.4) is 0 Å². The molecule has 118 valence electrons. The van der Waals surface area contributed by atoms with Crippen molar-refractivity contribution in [2.75, 3.05) is 19.0 Å². The van der Waals surface area contributed by atoms with E-state index in [1.807, 2.05) is 31.2 Å². The zero-order chi connectivity index (χ0) is 16.7. The normalized spacial score (nSPS) is 10.5. The predicted octanol–water partition coefficient (Wildman–Crippen LogP) is 3.38. The number of ether oxygens (including phenoxy) is 1. The third kappa shape index (κ3) is 4.30. The average Bonchev–Trinajstić information content (AvgIpc) is 2.76. The number of anilines is 1. The molecule has 0 radical (unpaired) electrons. The zero-order valence-electron chi connectivity index (χ0n) is 13.2. The molecule has 23 heavy (non-hydrogen) atoms. The van der Waals surface area contributed by atoms with Crippen LogP contribution >= 0.6 is 0 Å². The Morgan fingerprint density at radius 1 is 1.13 bits per heavy atom. The number of methoxy groups -OCH3 is 1. The smallest absolute Gasteiger partial charge is 0.212 e. The molecule has 0 amide bonds. The van der Waals surface area contributed by atoms with Gasteiger partial charge in [-0.1, -0.05) is 30.3 Å². The van der Waals surface area contributed by atoms with E-state index in [9.17, 15) is 9.59 Å². The van der Waals surface area contributed by atoms with E-state index in [0.29, 0.717) is 12.2 Å². The van der Waals surface area contributed by atoms with Gasteiger partial charge in [0.05, 0.1) is 18.4 Å². The van der Waals surface area contributed by atoms with Crippen molar-refractivity contribution in [2.24, 2.45) is 0 Å². The SMILES string of the molecule is CCNc1ccccc(C(=O)/C=C\c2ccc(OC)cc2)c1=O. The molecule has 4 nitrogen and oxygen atoms in total. The van der Waals surface area contributed by atoms with Crippen LogP contribution in [0.25, 0.3) is 6.08 Å². The number of nitrogens with one attached hydrogen (secondary N) is 1. The Morgan fingerprint density at radius 2 is 1.83 bits per heavy atom. The fourth-order valence-corrected chi connectivity index (χ4v) is 2.10. The van der Waals surface area contributed by atoms with Gasteiger partial charge in [0.2, 0.25) is 5.43 Å². The second-order valence-electron chi connectivity index (χ2n) is 4.88. The Kier molecular flexibility index (Phi) is 5.69. The fraction of sp³-hybridized carbons (Fsp3) is 0.158. The largest absolute Gasteiger partial charge is 0.497 e. The lowest BCUT2D eigenvalue weighted by atomic mass is 10.1. The van der Waals surface area contributed by atoms with E-state index in [-0.39, 0.29) is 16.8 Å². The van der Waals surface area contributed by atoms with E-state index >= 15 is 0 Å². The summed E-state index contributed by atoms with van der Waals surface area (Å²) in [5.74, 6) is 0.432. The Morgan fingerprint density at radius 3 is 2.48 bits per heavy atom. The quantitative estimate of drug-likeness (QED) is 0.656. The van der Waals surface area contributed by atoms with E-state index in [2.05, 4.69) is 5.32 Å². The number of ketones is 1. The van der Waals surface area contributed by atoms with Gasteiger partial charge in [-0.2, -0.15) is 0 Å². The van der Waals surface area contributed by atoms with Crippen LogP contribution in [0.4, 0.5) is 5.69 Å². The molecule has 2 aromatic carbocycles. The zero-order valence-corrected chi connectivity index (χ0v) is 13.2. The van der Waals surface area contributed by atoms with Gasteiger partial charge >= 0.3 is 0 Å². The van der Waals surface area contributed by atoms with Crippen molar-refractivity contribution in [3.63, 3.8) is 0 Å². The van der Waals surface area contributed by atoms with E-state index in [4.69, 9.17) is 4.74 Å². The van der Waals surface area contributed by atoms with Gasteiger partial charge in [-0.15, -0.1) is 0 Å². The van der Waals surface area contributed by atoms with Gasteiger partial charge in [-0.3, -0.25) is 9.59 Å². The summed E-state index contributed by atoms with van der Waals surface area (Å²) < 4.78 is 5.09. The second kappa shape index (κ2) is 7.94. The molecule has 1 N–H and O–H groups in total. The molecule has 0 heterocycles. The third-order valence-corrected chi connectivity index (χ3v) is 3.30. The van der Waals surface area contributed by atoms with E-state index in [0.717, 1.165) is 11.3 Å². The standard InChI is InChI=1S/C19H19NO3/c1-3-20-17-7-5-4-6-16(19(17)22)18(21)13-10-14-8-11-15(23-2)12-9-14/h4-13H,3H2,1-2H3,(H,20,22)/b13-10-. The maximum absolute atomic E-state index is 12.4. The molecule has 4 heteroatoms. The Hall–Kier alpha value is -2.88. The molecule has 0 fully saturated rings. The molecule has 0 saturated heterocycles.